The molecule has 1 fully saturated rings. The van der Waals surface area contributed by atoms with Crippen molar-refractivity contribution in [1.82, 2.24) is 4.90 Å². The van der Waals surface area contributed by atoms with E-state index in [1.165, 1.54) is 0 Å². The lowest BCUT2D eigenvalue weighted by molar-refractivity contribution is -0.143. The third kappa shape index (κ3) is 4.14. The van der Waals surface area contributed by atoms with Crippen molar-refractivity contribution >= 4 is 29.2 Å². The van der Waals surface area contributed by atoms with Crippen molar-refractivity contribution in [2.75, 3.05) is 20.2 Å². The number of nitrogens with zero attached hydrogens (tertiary/aromatic N) is 1. The molecule has 1 saturated heterocycles. The van der Waals surface area contributed by atoms with Gasteiger partial charge in [0.15, 0.2) is 0 Å². The summed E-state index contributed by atoms with van der Waals surface area (Å²) in [7, 11) is 1.63. The third-order valence-electron chi connectivity index (χ3n) is 4.86. The Morgan fingerprint density at radius 2 is 1.85 bits per heavy atom. The van der Waals surface area contributed by atoms with Crippen LogP contribution in [0, 0.1) is 5.92 Å². The maximum Gasteiger partial charge on any atom is 0.307 e. The first-order valence-electron chi connectivity index (χ1n) is 8.55. The molecule has 4 nitrogen and oxygen atoms in total. The van der Waals surface area contributed by atoms with E-state index in [0.29, 0.717) is 23.0 Å². The van der Waals surface area contributed by atoms with Gasteiger partial charge in [0, 0.05) is 6.54 Å². The molecule has 1 aliphatic heterocycles. The summed E-state index contributed by atoms with van der Waals surface area (Å²) in [5, 5.41) is 10.4. The molecular weight excluding hydrogens is 373 g/mol. The average molecular weight is 394 g/mol. The van der Waals surface area contributed by atoms with Gasteiger partial charge in [-0.25, -0.2) is 0 Å². The number of carbonyl (C=O) groups is 1. The summed E-state index contributed by atoms with van der Waals surface area (Å²) in [5.74, 6) is -0.312. The Morgan fingerprint density at radius 1 is 1.15 bits per heavy atom. The molecule has 0 radical (unpaired) electrons. The van der Waals surface area contributed by atoms with Crippen LogP contribution in [0.1, 0.15) is 30.0 Å². The van der Waals surface area contributed by atoms with Gasteiger partial charge in [-0.3, -0.25) is 9.69 Å². The van der Waals surface area contributed by atoms with E-state index < -0.39 is 5.97 Å². The molecule has 0 amide bonds. The van der Waals surface area contributed by atoms with Crippen molar-refractivity contribution in [3.8, 4) is 5.75 Å². The fourth-order valence-electron chi connectivity index (χ4n) is 3.53. The van der Waals surface area contributed by atoms with E-state index in [1.807, 2.05) is 36.4 Å². The number of rotatable bonds is 5. The standard InChI is InChI=1S/C20H21Cl2NO3/c1-26-16-7-4-13(5-8-16)19(14-6-9-17(21)18(22)11-14)23-10-2-3-15(12-23)20(24)25/h4-9,11,15,19H,2-3,10,12H2,1H3,(H,24,25). The zero-order chi connectivity index (χ0) is 18.7. The van der Waals surface area contributed by atoms with Crippen molar-refractivity contribution in [3.63, 3.8) is 0 Å². The minimum atomic E-state index is -0.739. The minimum Gasteiger partial charge on any atom is -0.497 e. The monoisotopic (exact) mass is 393 g/mol. The molecule has 1 N–H and O–H groups in total. The topological polar surface area (TPSA) is 49.8 Å². The second-order valence-electron chi connectivity index (χ2n) is 6.52. The lowest BCUT2D eigenvalue weighted by Crippen LogP contribution is -2.41. The maximum atomic E-state index is 11.5. The van der Waals surface area contributed by atoms with Crippen LogP contribution >= 0.6 is 23.2 Å². The van der Waals surface area contributed by atoms with Gasteiger partial charge in [0.25, 0.3) is 0 Å². The number of piperidine rings is 1. The molecule has 3 rings (SSSR count). The summed E-state index contributed by atoms with van der Waals surface area (Å²) >= 11 is 12.3. The smallest absolute Gasteiger partial charge is 0.307 e. The molecule has 138 valence electrons. The highest BCUT2D eigenvalue weighted by Crippen LogP contribution is 2.36. The third-order valence-corrected chi connectivity index (χ3v) is 5.60. The Balaban J connectivity index is 1.99. The number of hydrogen-bond acceptors (Lipinski definition) is 3. The van der Waals surface area contributed by atoms with Gasteiger partial charge in [0.05, 0.1) is 29.1 Å². The highest BCUT2D eigenvalue weighted by molar-refractivity contribution is 6.42. The van der Waals surface area contributed by atoms with E-state index in [2.05, 4.69) is 4.90 Å². The summed E-state index contributed by atoms with van der Waals surface area (Å²) in [4.78, 5) is 13.7. The first kappa shape index (κ1) is 19.0. The van der Waals surface area contributed by atoms with Crippen LogP contribution in [-0.2, 0) is 4.79 Å². The molecule has 1 aliphatic rings. The van der Waals surface area contributed by atoms with Crippen molar-refractivity contribution < 1.29 is 14.6 Å². The molecule has 2 aromatic rings. The first-order valence-corrected chi connectivity index (χ1v) is 9.31. The van der Waals surface area contributed by atoms with Crippen LogP contribution in [0.5, 0.6) is 5.75 Å². The van der Waals surface area contributed by atoms with Crippen LogP contribution in [0.2, 0.25) is 10.0 Å². The molecule has 0 spiro atoms. The molecule has 0 bridgehead atoms. The normalized spacial score (nSPS) is 19.1. The predicted octanol–water partition coefficient (Wildman–Crippen LogP) is 4.89. The maximum absolute atomic E-state index is 11.5. The molecular formula is C20H21Cl2NO3. The van der Waals surface area contributed by atoms with Crippen LogP contribution in [-0.4, -0.2) is 36.2 Å². The van der Waals surface area contributed by atoms with Crippen LogP contribution in [0.25, 0.3) is 0 Å². The summed E-state index contributed by atoms with van der Waals surface area (Å²) in [6.07, 6.45) is 1.56. The molecule has 26 heavy (non-hydrogen) atoms. The summed E-state index contributed by atoms with van der Waals surface area (Å²) in [6, 6.07) is 13.4. The lowest BCUT2D eigenvalue weighted by Gasteiger charge is -2.37. The van der Waals surface area contributed by atoms with Crippen LogP contribution < -0.4 is 4.74 Å². The minimum absolute atomic E-state index is 0.0853. The molecule has 1 heterocycles. The van der Waals surface area contributed by atoms with Crippen LogP contribution in [0.3, 0.4) is 0 Å². The zero-order valence-corrected chi connectivity index (χ0v) is 16.0. The molecule has 2 aromatic carbocycles. The molecule has 6 heteroatoms. The number of methoxy groups -OCH3 is 1. The number of hydrogen-bond donors (Lipinski definition) is 1. The number of carboxylic acids is 1. The highest BCUT2D eigenvalue weighted by atomic mass is 35.5. The quantitative estimate of drug-likeness (QED) is 0.785. The summed E-state index contributed by atoms with van der Waals surface area (Å²) in [5.41, 5.74) is 2.06. The molecule has 0 aromatic heterocycles. The number of carboxylic acid groups (broad SMARTS) is 1. The summed E-state index contributed by atoms with van der Waals surface area (Å²) < 4.78 is 5.25. The van der Waals surface area contributed by atoms with Crippen molar-refractivity contribution in [2.45, 2.75) is 18.9 Å². The fourth-order valence-corrected chi connectivity index (χ4v) is 3.83. The van der Waals surface area contributed by atoms with Crippen molar-refractivity contribution in [1.29, 1.82) is 0 Å². The van der Waals surface area contributed by atoms with Crippen molar-refractivity contribution in [2.24, 2.45) is 5.92 Å². The van der Waals surface area contributed by atoms with Gasteiger partial charge in [0.2, 0.25) is 0 Å². The Bertz CT molecular complexity index is 779. The van der Waals surface area contributed by atoms with E-state index in [-0.39, 0.29) is 12.0 Å². The second kappa shape index (κ2) is 8.30. The van der Waals surface area contributed by atoms with E-state index in [1.54, 1.807) is 13.2 Å². The Kier molecular flexibility index (Phi) is 6.07. The zero-order valence-electron chi connectivity index (χ0n) is 14.5. The molecule has 0 aliphatic carbocycles. The van der Waals surface area contributed by atoms with Gasteiger partial charge in [-0.15, -0.1) is 0 Å². The predicted molar refractivity (Wildman–Crippen MR) is 103 cm³/mol. The van der Waals surface area contributed by atoms with Gasteiger partial charge in [0.1, 0.15) is 5.75 Å². The van der Waals surface area contributed by atoms with Gasteiger partial charge in [-0.2, -0.15) is 0 Å². The largest absolute Gasteiger partial charge is 0.497 e. The van der Waals surface area contributed by atoms with Crippen LogP contribution in [0.4, 0.5) is 0 Å². The van der Waals surface area contributed by atoms with Crippen LogP contribution in [0.15, 0.2) is 42.5 Å². The van der Waals surface area contributed by atoms with Gasteiger partial charge < -0.3 is 9.84 Å². The SMILES string of the molecule is COc1ccc(C(c2ccc(Cl)c(Cl)c2)N2CCCC(C(=O)O)C2)cc1. The first-order chi connectivity index (χ1) is 12.5. The number of benzene rings is 2. The fraction of sp³-hybridized carbons (Fsp3) is 0.350. The van der Waals surface area contributed by atoms with Crippen molar-refractivity contribution in [3.05, 3.63) is 63.6 Å². The second-order valence-corrected chi connectivity index (χ2v) is 7.34. The molecule has 0 saturated carbocycles. The van der Waals surface area contributed by atoms with Gasteiger partial charge in [-0.05, 0) is 54.8 Å². The number of halogens is 2. The van der Waals surface area contributed by atoms with Gasteiger partial charge in [-0.1, -0.05) is 41.4 Å². The number of aliphatic carboxylic acids is 1. The lowest BCUT2D eigenvalue weighted by atomic mass is 9.91. The number of ether oxygens (including phenoxy) is 1. The Morgan fingerprint density at radius 3 is 2.46 bits per heavy atom. The summed E-state index contributed by atoms with van der Waals surface area (Å²) in [6.45, 7) is 1.34. The van der Waals surface area contributed by atoms with E-state index in [9.17, 15) is 9.90 Å². The molecule has 2 unspecified atom stereocenters. The molecule has 2 atom stereocenters. The van der Waals surface area contributed by atoms with E-state index >= 15 is 0 Å². The van der Waals surface area contributed by atoms with E-state index in [4.69, 9.17) is 27.9 Å². The Hall–Kier alpha value is -1.75. The average Bonchev–Trinajstić information content (AvgIpc) is 2.65. The van der Waals surface area contributed by atoms with E-state index in [0.717, 1.165) is 29.8 Å². The highest BCUT2D eigenvalue weighted by Gasteiger charge is 2.31. The number of likely N-dealkylation sites (tertiary alicyclic amines) is 1. The Labute approximate surface area is 163 Å². The van der Waals surface area contributed by atoms with Gasteiger partial charge >= 0.3 is 5.97 Å².